The van der Waals surface area contributed by atoms with E-state index in [4.69, 9.17) is 4.74 Å². The van der Waals surface area contributed by atoms with Crippen LogP contribution in [0, 0.1) is 0 Å². The number of benzene rings is 1. The highest BCUT2D eigenvalue weighted by molar-refractivity contribution is 7.90. The molecule has 7 nitrogen and oxygen atoms in total. The minimum Gasteiger partial charge on any atom is -0.382 e. The summed E-state index contributed by atoms with van der Waals surface area (Å²) in [5.41, 5.74) is 0.157. The normalized spacial score (nSPS) is 15.5. The van der Waals surface area contributed by atoms with Crippen LogP contribution in [0.5, 0.6) is 0 Å². The number of hydrogen-bond acceptors (Lipinski definition) is 5. The van der Waals surface area contributed by atoms with Crippen molar-refractivity contribution in [1.82, 2.24) is 9.62 Å². The molecule has 0 aromatic heterocycles. The highest BCUT2D eigenvalue weighted by Crippen LogP contribution is 2.29. The lowest BCUT2D eigenvalue weighted by atomic mass is 10.2. The summed E-state index contributed by atoms with van der Waals surface area (Å²) >= 11 is 0. The number of sulfonamides is 1. The zero-order valence-electron chi connectivity index (χ0n) is 12.9. The maximum atomic E-state index is 12.3. The lowest BCUT2D eigenvalue weighted by Gasteiger charge is -2.14. The van der Waals surface area contributed by atoms with Crippen LogP contribution in [0.1, 0.15) is 30.1 Å². The number of carbonyl (C=O) groups is 2. The summed E-state index contributed by atoms with van der Waals surface area (Å²) in [6.45, 7) is 3.38. The maximum Gasteiger partial charge on any atom is 0.269 e. The number of amides is 2. The second kappa shape index (κ2) is 7.56. The van der Waals surface area contributed by atoms with Crippen LogP contribution in [0.15, 0.2) is 29.2 Å². The van der Waals surface area contributed by atoms with Gasteiger partial charge in [0.05, 0.1) is 5.56 Å². The van der Waals surface area contributed by atoms with Gasteiger partial charge < -0.3 is 10.1 Å². The number of rotatable bonds is 8. The molecular formula is C15H20N2O5S. The number of nitrogens with one attached hydrogen (secondary N) is 1. The average molecular weight is 340 g/mol. The van der Waals surface area contributed by atoms with Gasteiger partial charge in [-0.25, -0.2) is 12.7 Å². The Hall–Kier alpha value is -1.93. The molecule has 0 saturated carbocycles. The van der Waals surface area contributed by atoms with Crippen molar-refractivity contribution in [3.63, 3.8) is 0 Å². The summed E-state index contributed by atoms with van der Waals surface area (Å²) in [6.07, 6.45) is 0.625. The van der Waals surface area contributed by atoms with Crippen LogP contribution in [0.4, 0.5) is 0 Å². The van der Waals surface area contributed by atoms with Gasteiger partial charge in [0.25, 0.3) is 15.9 Å². The number of ether oxygens (including phenoxy) is 1. The molecule has 0 radical (unpaired) electrons. The summed E-state index contributed by atoms with van der Waals surface area (Å²) in [5.74, 6) is -0.870. The van der Waals surface area contributed by atoms with Crippen molar-refractivity contribution in [2.45, 2.75) is 24.7 Å². The second-order valence-corrected chi connectivity index (χ2v) is 6.86. The van der Waals surface area contributed by atoms with Gasteiger partial charge in [0.15, 0.2) is 0 Å². The fourth-order valence-electron chi connectivity index (χ4n) is 2.29. The lowest BCUT2D eigenvalue weighted by molar-refractivity contribution is -0.121. The topological polar surface area (TPSA) is 92.8 Å². The molecule has 0 fully saturated rings. The molecule has 1 aliphatic heterocycles. The molecule has 126 valence electrons. The van der Waals surface area contributed by atoms with Crippen LogP contribution in [0.25, 0.3) is 0 Å². The monoisotopic (exact) mass is 340 g/mol. The average Bonchev–Trinajstić information content (AvgIpc) is 2.73. The summed E-state index contributed by atoms with van der Waals surface area (Å²) in [4.78, 5) is 23.9. The fourth-order valence-corrected chi connectivity index (χ4v) is 3.86. The van der Waals surface area contributed by atoms with E-state index in [1.165, 1.54) is 12.1 Å². The smallest absolute Gasteiger partial charge is 0.269 e. The van der Waals surface area contributed by atoms with Crippen molar-refractivity contribution in [2.24, 2.45) is 0 Å². The number of hydrogen-bond donors (Lipinski definition) is 1. The first kappa shape index (κ1) is 17.4. The highest BCUT2D eigenvalue weighted by Gasteiger charge is 2.40. The predicted octanol–water partition coefficient (Wildman–Crippen LogP) is 0.764. The molecule has 0 bridgehead atoms. The van der Waals surface area contributed by atoms with Crippen LogP contribution in [0.3, 0.4) is 0 Å². The third kappa shape index (κ3) is 3.89. The Balaban J connectivity index is 1.87. The Bertz CT molecular complexity index is 687. The molecule has 1 aromatic rings. The van der Waals surface area contributed by atoms with Crippen molar-refractivity contribution in [1.29, 1.82) is 0 Å². The van der Waals surface area contributed by atoms with Gasteiger partial charge in [-0.15, -0.1) is 0 Å². The van der Waals surface area contributed by atoms with Gasteiger partial charge in [0, 0.05) is 32.7 Å². The fraction of sp³-hybridized carbons (Fsp3) is 0.467. The van der Waals surface area contributed by atoms with Crippen molar-refractivity contribution in [2.75, 3.05) is 26.3 Å². The van der Waals surface area contributed by atoms with Gasteiger partial charge in [-0.05, 0) is 25.5 Å². The molecule has 0 unspecified atom stereocenters. The number of fused-ring (bicyclic) bond motifs is 1. The molecule has 0 atom stereocenters. The number of carbonyl (C=O) groups excluding carboxylic acids is 2. The van der Waals surface area contributed by atoms with E-state index < -0.39 is 15.9 Å². The van der Waals surface area contributed by atoms with E-state index in [-0.39, 0.29) is 29.3 Å². The molecule has 1 N–H and O–H groups in total. The van der Waals surface area contributed by atoms with Crippen molar-refractivity contribution in [3.05, 3.63) is 29.8 Å². The van der Waals surface area contributed by atoms with E-state index in [0.29, 0.717) is 26.2 Å². The van der Waals surface area contributed by atoms with E-state index in [0.717, 1.165) is 4.31 Å². The molecule has 1 aliphatic rings. The maximum absolute atomic E-state index is 12.3. The molecule has 2 rings (SSSR count). The Kier molecular flexibility index (Phi) is 5.73. The van der Waals surface area contributed by atoms with E-state index >= 15 is 0 Å². The molecule has 1 heterocycles. The highest BCUT2D eigenvalue weighted by atomic mass is 32.2. The van der Waals surface area contributed by atoms with Crippen LogP contribution in [-0.2, 0) is 19.6 Å². The first-order chi connectivity index (χ1) is 11.0. The zero-order chi connectivity index (χ0) is 16.9. The Labute approximate surface area is 135 Å². The third-order valence-corrected chi connectivity index (χ3v) is 5.29. The SMILES string of the molecule is CCOCCCNC(=O)CCN1C(=O)c2ccccc2S1(=O)=O. The molecule has 0 aliphatic carbocycles. The van der Waals surface area contributed by atoms with E-state index in [2.05, 4.69) is 5.32 Å². The number of nitrogens with zero attached hydrogens (tertiary/aromatic N) is 1. The Morgan fingerprint density at radius 3 is 2.74 bits per heavy atom. The van der Waals surface area contributed by atoms with Gasteiger partial charge in [-0.3, -0.25) is 9.59 Å². The summed E-state index contributed by atoms with van der Waals surface area (Å²) in [6, 6.07) is 6.05. The molecule has 23 heavy (non-hydrogen) atoms. The Morgan fingerprint density at radius 2 is 2.04 bits per heavy atom. The minimum atomic E-state index is -3.84. The summed E-state index contributed by atoms with van der Waals surface area (Å²) < 4.78 is 30.5. The van der Waals surface area contributed by atoms with Crippen molar-refractivity contribution >= 4 is 21.8 Å². The molecule has 1 aromatic carbocycles. The van der Waals surface area contributed by atoms with Crippen LogP contribution >= 0.6 is 0 Å². The molecule has 2 amide bonds. The van der Waals surface area contributed by atoms with Crippen molar-refractivity contribution in [3.8, 4) is 0 Å². The lowest BCUT2D eigenvalue weighted by Crippen LogP contribution is -2.35. The van der Waals surface area contributed by atoms with Gasteiger partial charge in [-0.2, -0.15) is 0 Å². The van der Waals surface area contributed by atoms with Gasteiger partial charge in [-0.1, -0.05) is 12.1 Å². The Morgan fingerprint density at radius 1 is 1.30 bits per heavy atom. The standard InChI is InChI=1S/C15H20N2O5S/c1-2-22-11-5-9-16-14(18)8-10-17-15(19)12-6-3-4-7-13(12)23(17,20)21/h3-4,6-7H,2,5,8-11H2,1H3,(H,16,18). The van der Waals surface area contributed by atoms with Gasteiger partial charge in [0.2, 0.25) is 5.91 Å². The largest absolute Gasteiger partial charge is 0.382 e. The van der Waals surface area contributed by atoms with E-state index in [9.17, 15) is 18.0 Å². The first-order valence-corrected chi connectivity index (χ1v) is 8.93. The summed E-state index contributed by atoms with van der Waals surface area (Å²) in [7, 11) is -3.84. The molecule has 0 spiro atoms. The van der Waals surface area contributed by atoms with Crippen LogP contribution < -0.4 is 5.32 Å². The summed E-state index contributed by atoms with van der Waals surface area (Å²) in [5, 5.41) is 2.68. The predicted molar refractivity (Wildman–Crippen MR) is 83.4 cm³/mol. The molecule has 8 heteroatoms. The van der Waals surface area contributed by atoms with Gasteiger partial charge >= 0.3 is 0 Å². The van der Waals surface area contributed by atoms with E-state index in [1.807, 2.05) is 6.92 Å². The quantitative estimate of drug-likeness (QED) is 0.706. The second-order valence-electron chi connectivity index (χ2n) is 5.03. The zero-order valence-corrected chi connectivity index (χ0v) is 13.8. The van der Waals surface area contributed by atoms with Crippen molar-refractivity contribution < 1.29 is 22.7 Å². The minimum absolute atomic E-state index is 0.00197. The van der Waals surface area contributed by atoms with Gasteiger partial charge in [0.1, 0.15) is 4.90 Å². The molecular weight excluding hydrogens is 320 g/mol. The van der Waals surface area contributed by atoms with Crippen LogP contribution in [-0.4, -0.2) is 50.8 Å². The third-order valence-electron chi connectivity index (χ3n) is 3.45. The van der Waals surface area contributed by atoms with Crippen LogP contribution in [0.2, 0.25) is 0 Å². The van der Waals surface area contributed by atoms with E-state index in [1.54, 1.807) is 12.1 Å². The first-order valence-electron chi connectivity index (χ1n) is 7.49. The molecule has 0 saturated heterocycles.